The van der Waals surface area contributed by atoms with Crippen molar-refractivity contribution in [2.24, 2.45) is 0 Å². The predicted molar refractivity (Wildman–Crippen MR) is 72.0 cm³/mol. The van der Waals surface area contributed by atoms with Crippen LogP contribution in [0.15, 0.2) is 35.7 Å². The highest BCUT2D eigenvalue weighted by molar-refractivity contribution is 7.84. The van der Waals surface area contributed by atoms with E-state index in [2.05, 4.69) is 15.4 Å². The number of nitrogens with one attached hydrogen (secondary N) is 1. The van der Waals surface area contributed by atoms with Gasteiger partial charge in [0.1, 0.15) is 12.1 Å². The number of benzene rings is 1. The lowest BCUT2D eigenvalue weighted by Crippen LogP contribution is -2.15. The third-order valence-corrected chi connectivity index (χ3v) is 3.15. The van der Waals surface area contributed by atoms with Crippen LogP contribution >= 0.6 is 0 Å². The van der Waals surface area contributed by atoms with E-state index in [0.717, 1.165) is 0 Å². The monoisotopic (exact) mass is 296 g/mol. The summed E-state index contributed by atoms with van der Waals surface area (Å²) in [5, 5.41) is 6.78. The molecule has 0 saturated heterocycles. The maximum absolute atomic E-state index is 12.9. The van der Waals surface area contributed by atoms with Gasteiger partial charge in [0.2, 0.25) is 11.1 Å². The van der Waals surface area contributed by atoms with Crippen molar-refractivity contribution in [1.82, 2.24) is 14.8 Å². The second-order valence-electron chi connectivity index (χ2n) is 4.05. The Morgan fingerprint density at radius 1 is 1.50 bits per heavy atom. The Labute approximate surface area is 117 Å². The number of hydrogen-bond donors (Lipinski definition) is 1. The zero-order valence-electron chi connectivity index (χ0n) is 10.7. The van der Waals surface area contributed by atoms with Crippen molar-refractivity contribution in [1.29, 1.82) is 0 Å². The summed E-state index contributed by atoms with van der Waals surface area (Å²) >= 11 is 0. The van der Waals surface area contributed by atoms with Gasteiger partial charge in [0.05, 0.1) is 17.3 Å². The van der Waals surface area contributed by atoms with Gasteiger partial charge in [0, 0.05) is 18.4 Å². The smallest absolute Gasteiger partial charge is 0.238 e. The standard InChI is InChI=1S/C12H13FN4O2S/c1-20(19)12-14-8-17(16-12)6-5-11(18)15-10-4-2-3-9(13)7-10/h2-4,7-8H,5-6H2,1H3,(H,15,18)/t20-/m0/s1. The second-order valence-corrected chi connectivity index (χ2v) is 5.33. The molecule has 1 N–H and O–H groups in total. The summed E-state index contributed by atoms with van der Waals surface area (Å²) in [6, 6.07) is 5.67. The number of anilines is 1. The average molecular weight is 296 g/mol. The number of nitrogens with zero attached hydrogens (tertiary/aromatic N) is 3. The third kappa shape index (κ3) is 3.95. The fourth-order valence-corrected chi connectivity index (χ4v) is 1.94. The van der Waals surface area contributed by atoms with Gasteiger partial charge in [0.15, 0.2) is 0 Å². The topological polar surface area (TPSA) is 76.9 Å². The largest absolute Gasteiger partial charge is 0.326 e. The molecule has 2 rings (SSSR count). The lowest BCUT2D eigenvalue weighted by Gasteiger charge is -2.05. The number of carbonyl (C=O) groups excluding carboxylic acids is 1. The zero-order valence-corrected chi connectivity index (χ0v) is 11.6. The second kappa shape index (κ2) is 6.38. The first-order chi connectivity index (χ1) is 9.54. The number of carbonyl (C=O) groups is 1. The van der Waals surface area contributed by atoms with Crippen LogP contribution in [-0.4, -0.2) is 31.1 Å². The SMILES string of the molecule is C[S@](=O)c1ncn(CCC(=O)Nc2cccc(F)c2)n1. The molecular formula is C12H13FN4O2S. The molecule has 0 aliphatic heterocycles. The Hall–Kier alpha value is -2.09. The number of aryl methyl sites for hydroxylation is 1. The molecule has 0 spiro atoms. The Morgan fingerprint density at radius 3 is 2.95 bits per heavy atom. The van der Waals surface area contributed by atoms with Gasteiger partial charge < -0.3 is 5.32 Å². The van der Waals surface area contributed by atoms with Crippen LogP contribution in [0.5, 0.6) is 0 Å². The van der Waals surface area contributed by atoms with E-state index < -0.39 is 16.6 Å². The van der Waals surface area contributed by atoms with E-state index in [1.54, 1.807) is 6.07 Å². The number of rotatable bonds is 5. The van der Waals surface area contributed by atoms with E-state index in [1.165, 1.54) is 35.5 Å². The highest BCUT2D eigenvalue weighted by Crippen LogP contribution is 2.09. The van der Waals surface area contributed by atoms with Gasteiger partial charge in [-0.1, -0.05) is 6.07 Å². The normalized spacial score (nSPS) is 12.1. The van der Waals surface area contributed by atoms with Crippen LogP contribution in [0.2, 0.25) is 0 Å². The maximum atomic E-state index is 12.9. The van der Waals surface area contributed by atoms with Crippen molar-refractivity contribution >= 4 is 22.4 Å². The molecule has 20 heavy (non-hydrogen) atoms. The van der Waals surface area contributed by atoms with Gasteiger partial charge in [-0.15, -0.1) is 5.10 Å². The van der Waals surface area contributed by atoms with Crippen LogP contribution in [0.25, 0.3) is 0 Å². The highest BCUT2D eigenvalue weighted by atomic mass is 32.2. The van der Waals surface area contributed by atoms with E-state index in [9.17, 15) is 13.4 Å². The molecule has 0 unspecified atom stereocenters. The van der Waals surface area contributed by atoms with Crippen molar-refractivity contribution in [3.8, 4) is 0 Å². The fourth-order valence-electron chi connectivity index (χ4n) is 1.52. The van der Waals surface area contributed by atoms with E-state index in [1.807, 2.05) is 0 Å². The van der Waals surface area contributed by atoms with E-state index in [4.69, 9.17) is 0 Å². The van der Waals surface area contributed by atoms with E-state index in [-0.39, 0.29) is 17.5 Å². The number of hydrogen-bond acceptors (Lipinski definition) is 4. The molecule has 0 aliphatic rings. The Bertz CT molecular complexity index is 644. The van der Waals surface area contributed by atoms with Gasteiger partial charge >= 0.3 is 0 Å². The molecule has 0 fully saturated rings. The molecule has 0 radical (unpaired) electrons. The lowest BCUT2D eigenvalue weighted by molar-refractivity contribution is -0.116. The van der Waals surface area contributed by atoms with Crippen molar-refractivity contribution in [3.63, 3.8) is 0 Å². The molecule has 1 heterocycles. The minimum atomic E-state index is -1.24. The lowest BCUT2D eigenvalue weighted by atomic mass is 10.3. The quantitative estimate of drug-likeness (QED) is 0.899. The van der Waals surface area contributed by atoms with Gasteiger partial charge in [-0.3, -0.25) is 13.7 Å². The Morgan fingerprint density at radius 2 is 2.30 bits per heavy atom. The van der Waals surface area contributed by atoms with Crippen molar-refractivity contribution in [2.45, 2.75) is 18.1 Å². The minimum absolute atomic E-state index is 0.162. The number of halogens is 1. The van der Waals surface area contributed by atoms with E-state index in [0.29, 0.717) is 12.2 Å². The minimum Gasteiger partial charge on any atom is -0.326 e. The summed E-state index contributed by atoms with van der Waals surface area (Å²) in [7, 11) is -1.24. The fraction of sp³-hybridized carbons (Fsp3) is 0.250. The summed E-state index contributed by atoms with van der Waals surface area (Å²) in [4.78, 5) is 15.5. The molecule has 8 heteroatoms. The maximum Gasteiger partial charge on any atom is 0.238 e. The highest BCUT2D eigenvalue weighted by Gasteiger charge is 2.07. The van der Waals surface area contributed by atoms with Crippen molar-refractivity contribution < 1.29 is 13.4 Å². The Kier molecular flexibility index (Phi) is 4.57. The third-order valence-electron chi connectivity index (χ3n) is 2.45. The van der Waals surface area contributed by atoms with Crippen LogP contribution in [0.4, 0.5) is 10.1 Å². The van der Waals surface area contributed by atoms with Crippen molar-refractivity contribution in [2.75, 3.05) is 11.6 Å². The van der Waals surface area contributed by atoms with Gasteiger partial charge in [-0.05, 0) is 18.2 Å². The molecule has 0 saturated carbocycles. The van der Waals surface area contributed by atoms with Gasteiger partial charge in [0.25, 0.3) is 0 Å². The van der Waals surface area contributed by atoms with Crippen LogP contribution in [0, 0.1) is 5.82 Å². The number of amides is 1. The first-order valence-corrected chi connectivity index (χ1v) is 7.38. The summed E-state index contributed by atoms with van der Waals surface area (Å²) in [6.45, 7) is 0.311. The number of aromatic nitrogens is 3. The Balaban J connectivity index is 1.87. The van der Waals surface area contributed by atoms with Gasteiger partial charge in [-0.25, -0.2) is 9.37 Å². The van der Waals surface area contributed by atoms with Crippen LogP contribution < -0.4 is 5.32 Å². The van der Waals surface area contributed by atoms with Crippen LogP contribution in [-0.2, 0) is 22.1 Å². The van der Waals surface area contributed by atoms with Crippen molar-refractivity contribution in [3.05, 3.63) is 36.4 Å². The molecule has 1 atom stereocenters. The summed E-state index contributed by atoms with van der Waals surface area (Å²) in [5.74, 6) is -0.667. The molecule has 0 aliphatic carbocycles. The molecule has 106 valence electrons. The molecule has 0 bridgehead atoms. The molecular weight excluding hydrogens is 283 g/mol. The predicted octanol–water partition coefficient (Wildman–Crippen LogP) is 1.18. The molecule has 1 aromatic carbocycles. The molecule has 1 aromatic heterocycles. The summed E-state index contributed by atoms with van der Waals surface area (Å²) in [5.41, 5.74) is 0.406. The summed E-state index contributed by atoms with van der Waals surface area (Å²) in [6.07, 6.45) is 3.07. The first kappa shape index (κ1) is 14.3. The van der Waals surface area contributed by atoms with Crippen LogP contribution in [0.1, 0.15) is 6.42 Å². The molecule has 1 amide bonds. The van der Waals surface area contributed by atoms with E-state index >= 15 is 0 Å². The molecule has 2 aromatic rings. The molecule has 6 nitrogen and oxygen atoms in total. The van der Waals surface area contributed by atoms with Crippen LogP contribution in [0.3, 0.4) is 0 Å². The zero-order chi connectivity index (χ0) is 14.5. The summed E-state index contributed by atoms with van der Waals surface area (Å²) < 4.78 is 25.5. The van der Waals surface area contributed by atoms with Gasteiger partial charge in [-0.2, -0.15) is 0 Å². The average Bonchev–Trinajstić information content (AvgIpc) is 2.85. The first-order valence-electron chi connectivity index (χ1n) is 5.83.